The Kier molecular flexibility index (Phi) is 5.80. The molecule has 0 atom stereocenters. The van der Waals surface area contributed by atoms with Gasteiger partial charge < -0.3 is 0 Å². The number of nitro groups is 1. The maximum absolute atomic E-state index is 13.0. The van der Waals surface area contributed by atoms with Crippen molar-refractivity contribution in [3.8, 4) is 0 Å². The van der Waals surface area contributed by atoms with Gasteiger partial charge in [-0.2, -0.15) is 8.42 Å². The van der Waals surface area contributed by atoms with E-state index in [1.165, 1.54) is 35.2 Å². The Morgan fingerprint density at radius 2 is 1.79 bits per heavy atom. The van der Waals surface area contributed by atoms with Gasteiger partial charge in [0.1, 0.15) is 5.82 Å². The highest BCUT2D eigenvalue weighted by Crippen LogP contribution is 2.33. The van der Waals surface area contributed by atoms with Crippen molar-refractivity contribution in [1.29, 1.82) is 0 Å². The number of amidine groups is 1. The minimum Gasteiger partial charge on any atom is -0.286 e. The van der Waals surface area contributed by atoms with E-state index in [1.54, 1.807) is 6.92 Å². The molecule has 0 aliphatic carbocycles. The molecule has 1 aliphatic heterocycles. The van der Waals surface area contributed by atoms with Gasteiger partial charge in [-0.25, -0.2) is 4.39 Å². The fourth-order valence-electron chi connectivity index (χ4n) is 2.46. The first kappa shape index (κ1) is 20.7. The molecule has 3 rings (SSSR count). The van der Waals surface area contributed by atoms with Gasteiger partial charge in [0.25, 0.3) is 21.6 Å². The van der Waals surface area contributed by atoms with Crippen molar-refractivity contribution >= 4 is 44.6 Å². The van der Waals surface area contributed by atoms with Crippen molar-refractivity contribution in [3.05, 3.63) is 74.9 Å². The molecule has 0 bridgehead atoms. The lowest BCUT2D eigenvalue weighted by atomic mass is 10.2. The summed E-state index contributed by atoms with van der Waals surface area (Å²) in [5, 5.41) is 10.7. The summed E-state index contributed by atoms with van der Waals surface area (Å²) in [6, 6.07) is 9.80. The summed E-state index contributed by atoms with van der Waals surface area (Å²) in [5.41, 5.74) is 0.463. The Labute approximate surface area is 170 Å². The van der Waals surface area contributed by atoms with Gasteiger partial charge in [0.05, 0.1) is 14.7 Å². The van der Waals surface area contributed by atoms with E-state index < -0.39 is 26.7 Å². The monoisotopic (exact) mass is 435 g/mol. The SMILES string of the molecule is CCN1C(=O)/C(=C/c2ccc([N+](=O)[O-])cc2)S/C1=N/S(=O)(=O)c1ccc(F)cc1. The summed E-state index contributed by atoms with van der Waals surface area (Å²) in [6.45, 7) is 1.87. The summed E-state index contributed by atoms with van der Waals surface area (Å²) in [4.78, 5) is 24.0. The number of rotatable bonds is 5. The van der Waals surface area contributed by atoms with E-state index in [2.05, 4.69) is 4.40 Å². The summed E-state index contributed by atoms with van der Waals surface area (Å²) in [7, 11) is -4.13. The number of likely N-dealkylation sites (N-methyl/N-ethyl adjacent to an activating group) is 1. The van der Waals surface area contributed by atoms with Crippen LogP contribution in [0.2, 0.25) is 0 Å². The van der Waals surface area contributed by atoms with Gasteiger partial charge in [-0.15, -0.1) is 4.40 Å². The second kappa shape index (κ2) is 8.13. The molecule has 29 heavy (non-hydrogen) atoms. The molecule has 0 saturated carbocycles. The number of hydrogen-bond acceptors (Lipinski definition) is 6. The van der Waals surface area contributed by atoms with E-state index in [0.29, 0.717) is 5.56 Å². The fraction of sp³-hybridized carbons (Fsp3) is 0.111. The minimum atomic E-state index is -4.13. The van der Waals surface area contributed by atoms with Gasteiger partial charge in [0.15, 0.2) is 5.17 Å². The molecule has 2 aromatic carbocycles. The second-order valence-corrected chi connectivity index (χ2v) is 8.42. The maximum atomic E-state index is 13.0. The minimum absolute atomic E-state index is 0.0185. The molecule has 8 nitrogen and oxygen atoms in total. The molecule has 1 fully saturated rings. The first-order valence-corrected chi connectivity index (χ1v) is 10.5. The molecule has 1 amide bonds. The van der Waals surface area contributed by atoms with Crippen molar-refractivity contribution in [1.82, 2.24) is 4.90 Å². The van der Waals surface area contributed by atoms with Gasteiger partial charge >= 0.3 is 0 Å². The fourth-order valence-corrected chi connectivity index (χ4v) is 4.71. The zero-order valence-corrected chi connectivity index (χ0v) is 16.6. The van der Waals surface area contributed by atoms with Crippen LogP contribution >= 0.6 is 11.8 Å². The number of nitro benzene ring substituents is 1. The van der Waals surface area contributed by atoms with E-state index >= 15 is 0 Å². The van der Waals surface area contributed by atoms with Crippen molar-refractivity contribution in [3.63, 3.8) is 0 Å². The van der Waals surface area contributed by atoms with Gasteiger partial charge in [-0.1, -0.05) is 0 Å². The van der Waals surface area contributed by atoms with Crippen LogP contribution in [0.15, 0.2) is 62.7 Å². The van der Waals surface area contributed by atoms with E-state index in [-0.39, 0.29) is 27.2 Å². The van der Waals surface area contributed by atoms with Crippen LogP contribution in [0.25, 0.3) is 6.08 Å². The van der Waals surface area contributed by atoms with Crippen LogP contribution in [0, 0.1) is 15.9 Å². The zero-order valence-electron chi connectivity index (χ0n) is 15.0. The Morgan fingerprint density at radius 3 is 2.34 bits per heavy atom. The third-order valence-corrected chi connectivity index (χ3v) is 6.32. The van der Waals surface area contributed by atoms with Gasteiger partial charge in [-0.05, 0) is 66.7 Å². The quantitative estimate of drug-likeness (QED) is 0.404. The Balaban J connectivity index is 1.93. The highest BCUT2D eigenvalue weighted by atomic mass is 32.2. The zero-order chi connectivity index (χ0) is 21.2. The Morgan fingerprint density at radius 1 is 1.17 bits per heavy atom. The number of halogens is 1. The molecule has 1 heterocycles. The van der Waals surface area contributed by atoms with Crippen LogP contribution in [0.5, 0.6) is 0 Å². The van der Waals surface area contributed by atoms with Crippen molar-refractivity contribution < 1.29 is 22.5 Å². The molecular weight excluding hydrogens is 421 g/mol. The van der Waals surface area contributed by atoms with Gasteiger partial charge in [0, 0.05) is 18.7 Å². The maximum Gasteiger partial charge on any atom is 0.284 e. The van der Waals surface area contributed by atoms with Gasteiger partial charge in [0.2, 0.25) is 0 Å². The second-order valence-electron chi connectivity index (χ2n) is 5.81. The average Bonchev–Trinajstić information content (AvgIpc) is 2.96. The van der Waals surface area contributed by atoms with E-state index in [1.807, 2.05) is 0 Å². The molecule has 0 unspecified atom stereocenters. The summed E-state index contributed by atoms with van der Waals surface area (Å²) < 4.78 is 41.8. The molecule has 0 spiro atoms. The van der Waals surface area contributed by atoms with E-state index in [9.17, 15) is 27.7 Å². The van der Waals surface area contributed by atoms with Crippen LogP contribution in [0.3, 0.4) is 0 Å². The number of thioether (sulfide) groups is 1. The molecule has 11 heteroatoms. The topological polar surface area (TPSA) is 110 Å². The number of benzene rings is 2. The third kappa shape index (κ3) is 4.51. The highest BCUT2D eigenvalue weighted by Gasteiger charge is 2.34. The number of nitrogens with zero attached hydrogens (tertiary/aromatic N) is 3. The van der Waals surface area contributed by atoms with Crippen LogP contribution in [-0.2, 0) is 14.8 Å². The molecule has 1 aliphatic rings. The number of carbonyl (C=O) groups excluding carboxylic acids is 1. The smallest absolute Gasteiger partial charge is 0.284 e. The van der Waals surface area contributed by atoms with Crippen LogP contribution in [-0.4, -0.2) is 35.9 Å². The van der Waals surface area contributed by atoms with E-state index in [0.717, 1.165) is 36.0 Å². The molecule has 0 radical (unpaired) electrons. The molecule has 0 aromatic heterocycles. The highest BCUT2D eigenvalue weighted by molar-refractivity contribution is 8.19. The van der Waals surface area contributed by atoms with Crippen molar-refractivity contribution in [2.24, 2.45) is 4.40 Å². The Bertz CT molecular complexity index is 1130. The lowest BCUT2D eigenvalue weighted by Crippen LogP contribution is -2.29. The average molecular weight is 435 g/mol. The molecule has 1 saturated heterocycles. The largest absolute Gasteiger partial charge is 0.286 e. The standard InChI is InChI=1S/C18H14FN3O5S2/c1-2-21-17(23)16(11-12-3-7-14(8-4-12)22(24)25)28-18(21)20-29(26,27)15-9-5-13(19)6-10-15/h3-11H,2H2,1H3/b16-11-,20-18+. The first-order chi connectivity index (χ1) is 13.7. The predicted octanol–water partition coefficient (Wildman–Crippen LogP) is 3.42. The molecule has 150 valence electrons. The lowest BCUT2D eigenvalue weighted by Gasteiger charge is -2.11. The van der Waals surface area contributed by atoms with Crippen LogP contribution < -0.4 is 0 Å². The summed E-state index contributed by atoms with van der Waals surface area (Å²) in [5.74, 6) is -1.01. The number of sulfonamides is 1. The lowest BCUT2D eigenvalue weighted by molar-refractivity contribution is -0.384. The number of amides is 1. The molecule has 0 N–H and O–H groups in total. The summed E-state index contributed by atoms with van der Waals surface area (Å²) in [6.07, 6.45) is 1.51. The number of hydrogen-bond donors (Lipinski definition) is 0. The Hall–Kier alpha value is -3.05. The van der Waals surface area contributed by atoms with Gasteiger partial charge in [-0.3, -0.25) is 19.8 Å². The first-order valence-electron chi connectivity index (χ1n) is 8.27. The normalized spacial score (nSPS) is 17.3. The number of carbonyl (C=O) groups is 1. The van der Waals surface area contributed by atoms with Crippen molar-refractivity contribution in [2.75, 3.05) is 6.54 Å². The molecular formula is C18H14FN3O5S2. The van der Waals surface area contributed by atoms with E-state index in [4.69, 9.17) is 0 Å². The molecule has 2 aromatic rings. The third-order valence-electron chi connectivity index (χ3n) is 3.92. The predicted molar refractivity (Wildman–Crippen MR) is 107 cm³/mol. The van der Waals surface area contributed by atoms with Crippen molar-refractivity contribution in [2.45, 2.75) is 11.8 Å². The van der Waals surface area contributed by atoms with Crippen LogP contribution in [0.4, 0.5) is 10.1 Å². The number of non-ortho nitro benzene ring substituents is 1. The van der Waals surface area contributed by atoms with Crippen LogP contribution in [0.1, 0.15) is 12.5 Å². The summed E-state index contributed by atoms with van der Waals surface area (Å²) >= 11 is 0.882.